The lowest BCUT2D eigenvalue weighted by Crippen LogP contribution is -2.25. The number of rotatable bonds is 4. The van der Waals surface area contributed by atoms with Crippen LogP contribution in [0.1, 0.15) is 22.3 Å². The second kappa shape index (κ2) is 10.1. The van der Waals surface area contributed by atoms with Gasteiger partial charge in [-0.3, -0.25) is 0 Å². The molecule has 2 heterocycles. The molecule has 1 atom stereocenters. The summed E-state index contributed by atoms with van der Waals surface area (Å²) in [6.45, 7) is 0. The third kappa shape index (κ3) is 3.72. The summed E-state index contributed by atoms with van der Waals surface area (Å²) in [5.41, 5.74) is 11.9. The molecule has 1 unspecified atom stereocenters. The summed E-state index contributed by atoms with van der Waals surface area (Å²) in [5, 5.41) is 24.2. The van der Waals surface area contributed by atoms with Crippen LogP contribution >= 0.6 is 0 Å². The average Bonchev–Trinajstić information content (AvgIpc) is 3.70. The molecule has 2 aliphatic carbocycles. The van der Waals surface area contributed by atoms with Crippen LogP contribution in [0.15, 0.2) is 163 Å². The van der Waals surface area contributed by atoms with Crippen molar-refractivity contribution in [2.24, 2.45) is 0 Å². The van der Waals surface area contributed by atoms with Crippen LogP contribution < -0.4 is 0 Å². The van der Waals surface area contributed by atoms with E-state index in [-0.39, 0.29) is 0 Å². The van der Waals surface area contributed by atoms with Crippen LogP contribution in [0.5, 0.6) is 0 Å². The Morgan fingerprint density at radius 1 is 0.469 bits per heavy atom. The van der Waals surface area contributed by atoms with Crippen molar-refractivity contribution in [2.75, 3.05) is 0 Å². The van der Waals surface area contributed by atoms with Gasteiger partial charge in [-0.25, -0.2) is 0 Å². The number of nitriles is 2. The summed E-state index contributed by atoms with van der Waals surface area (Å²) in [7, 11) is 0. The van der Waals surface area contributed by atoms with E-state index >= 15 is 0 Å². The smallest absolute Gasteiger partial charge is 0.0991 e. The zero-order valence-electron chi connectivity index (χ0n) is 26.3. The first kappa shape index (κ1) is 27.3. The molecule has 0 amide bonds. The van der Waals surface area contributed by atoms with Crippen molar-refractivity contribution >= 4 is 60.6 Å². The van der Waals surface area contributed by atoms with E-state index in [0.29, 0.717) is 11.1 Å². The molecule has 8 aromatic rings. The van der Waals surface area contributed by atoms with E-state index < -0.39 is 5.41 Å². The molecule has 0 radical (unpaired) electrons. The second-order valence-corrected chi connectivity index (χ2v) is 12.8. The molecule has 0 bridgehead atoms. The van der Waals surface area contributed by atoms with Gasteiger partial charge in [-0.15, -0.1) is 0 Å². The Hall–Kier alpha value is -6.88. The van der Waals surface area contributed by atoms with Crippen LogP contribution in [-0.4, -0.2) is 9.13 Å². The summed E-state index contributed by atoms with van der Waals surface area (Å²) in [6, 6.07) is 55.3. The number of fused-ring (bicyclic) bond motifs is 7. The van der Waals surface area contributed by atoms with Gasteiger partial charge in [-0.05, 0) is 71.3 Å². The van der Waals surface area contributed by atoms with Crippen LogP contribution in [0, 0.1) is 22.7 Å². The lowest BCUT2D eigenvalue weighted by Gasteiger charge is -2.33. The van der Waals surface area contributed by atoms with Gasteiger partial charge >= 0.3 is 0 Å². The Kier molecular flexibility index (Phi) is 5.59. The number of benzene rings is 6. The highest BCUT2D eigenvalue weighted by Crippen LogP contribution is 2.63. The van der Waals surface area contributed by atoms with E-state index in [2.05, 4.69) is 155 Å². The lowest BCUT2D eigenvalue weighted by molar-refractivity contribution is 0.900. The molecule has 0 spiro atoms. The Morgan fingerprint density at radius 3 is 1.37 bits per heavy atom. The van der Waals surface area contributed by atoms with E-state index in [1.54, 1.807) is 0 Å². The van der Waals surface area contributed by atoms with Gasteiger partial charge in [0, 0.05) is 27.1 Å². The van der Waals surface area contributed by atoms with Crippen molar-refractivity contribution in [1.29, 1.82) is 10.5 Å². The van der Waals surface area contributed by atoms with Gasteiger partial charge in [0.2, 0.25) is 0 Å². The van der Waals surface area contributed by atoms with E-state index in [1.165, 1.54) is 27.1 Å². The van der Waals surface area contributed by atoms with Gasteiger partial charge in [0.15, 0.2) is 0 Å². The Balaban J connectivity index is 1.44. The average molecular weight is 623 g/mol. The molecular weight excluding hydrogens is 597 g/mol. The molecule has 0 aliphatic heterocycles. The zero-order chi connectivity index (χ0) is 32.7. The zero-order valence-corrected chi connectivity index (χ0v) is 26.3. The lowest BCUT2D eigenvalue weighted by atomic mass is 9.79. The second-order valence-electron chi connectivity index (χ2n) is 12.8. The predicted molar refractivity (Wildman–Crippen MR) is 198 cm³/mol. The van der Waals surface area contributed by atoms with Crippen molar-refractivity contribution in [2.45, 2.75) is 5.41 Å². The third-order valence-electron chi connectivity index (χ3n) is 10.3. The molecule has 6 aromatic carbocycles. The minimum atomic E-state index is -0.545. The number of aromatic nitrogens is 2. The molecule has 49 heavy (non-hydrogen) atoms. The van der Waals surface area contributed by atoms with Gasteiger partial charge in [0.05, 0.1) is 62.1 Å². The summed E-state index contributed by atoms with van der Waals surface area (Å²) in [4.78, 5) is 0. The van der Waals surface area contributed by atoms with E-state index in [4.69, 9.17) is 0 Å². The molecule has 2 aliphatic rings. The quantitative estimate of drug-likeness (QED) is 0.196. The maximum atomic E-state index is 9.71. The number of allylic oxidation sites excluding steroid dienone is 6. The fourth-order valence-corrected chi connectivity index (χ4v) is 8.07. The van der Waals surface area contributed by atoms with Crippen molar-refractivity contribution in [3.63, 3.8) is 0 Å². The van der Waals surface area contributed by atoms with E-state index in [9.17, 15) is 10.5 Å². The van der Waals surface area contributed by atoms with Crippen molar-refractivity contribution < 1.29 is 0 Å². The maximum Gasteiger partial charge on any atom is 0.0991 e. The predicted octanol–water partition coefficient (Wildman–Crippen LogP) is 10.4. The van der Waals surface area contributed by atoms with Crippen LogP contribution in [0.4, 0.5) is 0 Å². The fourth-order valence-electron chi connectivity index (χ4n) is 8.07. The summed E-state index contributed by atoms with van der Waals surface area (Å²) in [6.07, 6.45) is 4.70. The van der Waals surface area contributed by atoms with E-state index in [1.807, 2.05) is 24.3 Å². The molecule has 0 saturated heterocycles. The van der Waals surface area contributed by atoms with Crippen LogP contribution in [0.2, 0.25) is 0 Å². The minimum Gasteiger partial charge on any atom is -0.309 e. The Labute approximate surface area is 282 Å². The Morgan fingerprint density at radius 2 is 0.898 bits per heavy atom. The first-order chi connectivity index (χ1) is 24.2. The van der Waals surface area contributed by atoms with Crippen molar-refractivity contribution in [1.82, 2.24) is 9.13 Å². The molecule has 0 fully saturated rings. The first-order valence-electron chi connectivity index (χ1n) is 16.4. The monoisotopic (exact) mass is 622 g/mol. The van der Waals surface area contributed by atoms with Crippen LogP contribution in [0.25, 0.3) is 60.6 Å². The first-order valence-corrected chi connectivity index (χ1v) is 16.4. The molecule has 4 heteroatoms. The maximum absolute atomic E-state index is 9.71. The molecule has 4 nitrogen and oxygen atoms in total. The summed E-state index contributed by atoms with van der Waals surface area (Å²) in [5.74, 6) is 0. The van der Waals surface area contributed by atoms with Gasteiger partial charge in [0.25, 0.3) is 0 Å². The summed E-state index contributed by atoms with van der Waals surface area (Å²) < 4.78 is 4.92. The SMILES string of the molecule is N#Cc1ccc(C2=CC3=CC3(c3ccc(C#N)cc3)C(n3c4ccccc4c4ccccc43)=C2n2c3ccccc3c3ccccc32)cc1. The fraction of sp³-hybridized carbons (Fsp3) is 0.0222. The molecule has 2 aromatic heterocycles. The van der Waals surface area contributed by atoms with Gasteiger partial charge < -0.3 is 9.13 Å². The highest BCUT2D eigenvalue weighted by atomic mass is 15.1. The number of hydrogen-bond donors (Lipinski definition) is 0. The van der Waals surface area contributed by atoms with Gasteiger partial charge in [0.1, 0.15) is 0 Å². The molecule has 226 valence electrons. The standard InChI is InChI=1S/C45H26N4/c46-27-29-17-21-31(22-18-29)38-25-33-26-45(33,32-23-19-30(28-47)20-24-32)44(49-41-15-7-3-11-36(41)37-12-4-8-16-42(37)49)43(38)48-39-13-5-1-9-34(39)35-10-2-6-14-40(35)48/h1-26H. The van der Waals surface area contributed by atoms with Crippen LogP contribution in [-0.2, 0) is 5.41 Å². The molecule has 10 rings (SSSR count). The number of para-hydroxylation sites is 4. The number of nitrogens with zero attached hydrogens (tertiary/aromatic N) is 4. The normalized spacial score (nSPS) is 16.8. The van der Waals surface area contributed by atoms with Crippen molar-refractivity contribution in [3.8, 4) is 12.1 Å². The largest absolute Gasteiger partial charge is 0.309 e. The minimum absolute atomic E-state index is 0.545. The molecule has 0 N–H and O–H groups in total. The highest BCUT2D eigenvalue weighted by Gasteiger charge is 2.53. The third-order valence-corrected chi connectivity index (χ3v) is 10.3. The van der Waals surface area contributed by atoms with Gasteiger partial charge in [-0.1, -0.05) is 103 Å². The summed E-state index contributed by atoms with van der Waals surface area (Å²) >= 11 is 0. The molecular formula is C45H26N4. The highest BCUT2D eigenvalue weighted by molar-refractivity contribution is 6.23. The molecule has 0 saturated carbocycles. The number of hydrogen-bond acceptors (Lipinski definition) is 2. The van der Waals surface area contributed by atoms with Gasteiger partial charge in [-0.2, -0.15) is 10.5 Å². The topological polar surface area (TPSA) is 57.4 Å². The Bertz CT molecular complexity index is 2770. The van der Waals surface area contributed by atoms with Crippen molar-refractivity contribution in [3.05, 3.63) is 186 Å². The van der Waals surface area contributed by atoms with Crippen LogP contribution in [0.3, 0.4) is 0 Å². The van der Waals surface area contributed by atoms with E-state index in [0.717, 1.165) is 50.2 Å².